The highest BCUT2D eigenvalue weighted by Crippen LogP contribution is 2.37. The fourth-order valence-corrected chi connectivity index (χ4v) is 3.96. The van der Waals surface area contributed by atoms with Crippen LogP contribution in [0.1, 0.15) is 73.1 Å². The molecular formula is C19H36N2O2. The molecule has 23 heavy (non-hydrogen) atoms. The molecule has 1 amide bonds. The maximum absolute atomic E-state index is 12.2. The van der Waals surface area contributed by atoms with Crippen molar-refractivity contribution in [3.05, 3.63) is 0 Å². The van der Waals surface area contributed by atoms with E-state index in [2.05, 4.69) is 19.2 Å². The summed E-state index contributed by atoms with van der Waals surface area (Å²) in [6, 6.07) is 0.660. The van der Waals surface area contributed by atoms with E-state index >= 15 is 0 Å². The number of ether oxygens (including phenoxy) is 1. The Hall–Kier alpha value is -0.770. The number of piperidine rings is 1. The van der Waals surface area contributed by atoms with Crippen LogP contribution in [0.15, 0.2) is 0 Å². The second-order valence-electron chi connectivity index (χ2n) is 9.11. The summed E-state index contributed by atoms with van der Waals surface area (Å²) in [7, 11) is 0. The van der Waals surface area contributed by atoms with E-state index in [9.17, 15) is 4.79 Å². The lowest BCUT2D eigenvalue weighted by atomic mass is 9.87. The molecule has 1 N–H and O–H groups in total. The molecule has 2 unspecified atom stereocenters. The van der Waals surface area contributed by atoms with Gasteiger partial charge in [0.2, 0.25) is 0 Å². The SMILES string of the molecule is CC(C)(C)OC(=O)N1CCCC(CCNC2CCCC2(C)C)C1. The lowest BCUT2D eigenvalue weighted by Crippen LogP contribution is -2.44. The van der Waals surface area contributed by atoms with Crippen LogP contribution in [0.25, 0.3) is 0 Å². The van der Waals surface area contributed by atoms with E-state index in [0.29, 0.717) is 17.4 Å². The molecule has 0 aromatic rings. The predicted octanol–water partition coefficient (Wildman–Crippen LogP) is 4.19. The van der Waals surface area contributed by atoms with Crippen LogP contribution >= 0.6 is 0 Å². The fourth-order valence-electron chi connectivity index (χ4n) is 3.96. The Kier molecular flexibility index (Phi) is 5.99. The lowest BCUT2D eigenvalue weighted by Gasteiger charge is -2.35. The van der Waals surface area contributed by atoms with Crippen LogP contribution in [0.4, 0.5) is 4.79 Å². The summed E-state index contributed by atoms with van der Waals surface area (Å²) in [4.78, 5) is 14.1. The number of nitrogens with zero attached hydrogens (tertiary/aromatic N) is 1. The first-order valence-corrected chi connectivity index (χ1v) is 9.39. The van der Waals surface area contributed by atoms with Gasteiger partial charge in [-0.25, -0.2) is 4.79 Å². The monoisotopic (exact) mass is 324 g/mol. The van der Waals surface area contributed by atoms with Crippen LogP contribution in [0.3, 0.4) is 0 Å². The van der Waals surface area contributed by atoms with E-state index < -0.39 is 5.60 Å². The largest absolute Gasteiger partial charge is 0.444 e. The lowest BCUT2D eigenvalue weighted by molar-refractivity contribution is 0.0161. The molecule has 1 aliphatic carbocycles. The molecule has 1 aliphatic heterocycles. The zero-order chi connectivity index (χ0) is 17.1. The van der Waals surface area contributed by atoms with E-state index in [0.717, 1.165) is 32.5 Å². The van der Waals surface area contributed by atoms with Crippen LogP contribution < -0.4 is 5.32 Å². The number of likely N-dealkylation sites (tertiary alicyclic amines) is 1. The van der Waals surface area contributed by atoms with E-state index in [1.165, 1.54) is 25.7 Å². The summed E-state index contributed by atoms with van der Waals surface area (Å²) in [6.07, 6.45) is 7.33. The number of carbonyl (C=O) groups excluding carboxylic acids is 1. The van der Waals surface area contributed by atoms with Crippen molar-refractivity contribution >= 4 is 6.09 Å². The minimum Gasteiger partial charge on any atom is -0.444 e. The summed E-state index contributed by atoms with van der Waals surface area (Å²) < 4.78 is 5.51. The van der Waals surface area contributed by atoms with Crippen molar-refractivity contribution in [3.63, 3.8) is 0 Å². The molecule has 0 bridgehead atoms. The summed E-state index contributed by atoms with van der Waals surface area (Å²) >= 11 is 0. The van der Waals surface area contributed by atoms with Gasteiger partial charge < -0.3 is 15.0 Å². The van der Waals surface area contributed by atoms with E-state index in [1.54, 1.807) is 0 Å². The standard InChI is InChI=1S/C19H36N2O2/c1-18(2,3)23-17(22)21-13-7-8-15(14-21)10-12-20-16-9-6-11-19(16,4)5/h15-16,20H,6-14H2,1-5H3. The van der Waals surface area contributed by atoms with Gasteiger partial charge in [-0.05, 0) is 70.8 Å². The average Bonchev–Trinajstić information content (AvgIpc) is 2.76. The van der Waals surface area contributed by atoms with Gasteiger partial charge in [-0.1, -0.05) is 20.3 Å². The predicted molar refractivity (Wildman–Crippen MR) is 94.6 cm³/mol. The van der Waals surface area contributed by atoms with Gasteiger partial charge in [0.1, 0.15) is 5.60 Å². The van der Waals surface area contributed by atoms with E-state index in [4.69, 9.17) is 4.74 Å². The Morgan fingerprint density at radius 2 is 2.00 bits per heavy atom. The minimum atomic E-state index is -0.403. The Morgan fingerprint density at radius 3 is 2.61 bits per heavy atom. The topological polar surface area (TPSA) is 41.6 Å². The van der Waals surface area contributed by atoms with Gasteiger partial charge in [0.25, 0.3) is 0 Å². The Labute approximate surface area is 142 Å². The molecule has 2 fully saturated rings. The van der Waals surface area contributed by atoms with Gasteiger partial charge in [0.05, 0.1) is 0 Å². The number of amides is 1. The van der Waals surface area contributed by atoms with Crippen molar-refractivity contribution in [3.8, 4) is 0 Å². The summed E-state index contributed by atoms with van der Waals surface area (Å²) in [5.41, 5.74) is 0.0365. The van der Waals surface area contributed by atoms with Crippen molar-refractivity contribution in [1.29, 1.82) is 0 Å². The molecule has 2 atom stereocenters. The van der Waals surface area contributed by atoms with Crippen LogP contribution in [0, 0.1) is 11.3 Å². The van der Waals surface area contributed by atoms with Gasteiger partial charge in [-0.3, -0.25) is 0 Å². The van der Waals surface area contributed by atoms with Gasteiger partial charge >= 0.3 is 6.09 Å². The second-order valence-corrected chi connectivity index (χ2v) is 9.11. The third kappa shape index (κ3) is 5.66. The first-order valence-electron chi connectivity index (χ1n) is 9.39. The van der Waals surface area contributed by atoms with Crippen molar-refractivity contribution in [2.24, 2.45) is 11.3 Å². The van der Waals surface area contributed by atoms with Crippen molar-refractivity contribution in [2.45, 2.75) is 84.8 Å². The fraction of sp³-hybridized carbons (Fsp3) is 0.947. The number of hydrogen-bond donors (Lipinski definition) is 1. The van der Waals surface area contributed by atoms with Crippen molar-refractivity contribution in [2.75, 3.05) is 19.6 Å². The smallest absolute Gasteiger partial charge is 0.410 e. The quantitative estimate of drug-likeness (QED) is 0.843. The average molecular weight is 325 g/mol. The molecule has 4 heteroatoms. The molecule has 2 rings (SSSR count). The zero-order valence-corrected chi connectivity index (χ0v) is 15.8. The van der Waals surface area contributed by atoms with Crippen LogP contribution in [-0.2, 0) is 4.74 Å². The molecule has 0 radical (unpaired) electrons. The summed E-state index contributed by atoms with van der Waals surface area (Å²) in [5.74, 6) is 0.605. The number of rotatable bonds is 4. The normalized spacial score (nSPS) is 28.0. The van der Waals surface area contributed by atoms with Gasteiger partial charge in [0.15, 0.2) is 0 Å². The Morgan fingerprint density at radius 1 is 1.26 bits per heavy atom. The first-order chi connectivity index (χ1) is 10.7. The molecular weight excluding hydrogens is 288 g/mol. The summed E-state index contributed by atoms with van der Waals surface area (Å²) in [6.45, 7) is 13.3. The van der Waals surface area contributed by atoms with E-state index in [-0.39, 0.29) is 6.09 Å². The third-order valence-electron chi connectivity index (χ3n) is 5.37. The molecule has 0 aromatic carbocycles. The van der Waals surface area contributed by atoms with Crippen molar-refractivity contribution in [1.82, 2.24) is 10.2 Å². The molecule has 134 valence electrons. The highest BCUT2D eigenvalue weighted by molar-refractivity contribution is 5.68. The molecule has 2 aliphatic rings. The number of hydrogen-bond acceptors (Lipinski definition) is 3. The van der Waals surface area contributed by atoms with Gasteiger partial charge in [0, 0.05) is 19.1 Å². The molecule has 4 nitrogen and oxygen atoms in total. The highest BCUT2D eigenvalue weighted by atomic mass is 16.6. The molecule has 0 spiro atoms. The van der Waals surface area contributed by atoms with Crippen molar-refractivity contribution < 1.29 is 9.53 Å². The van der Waals surface area contributed by atoms with Gasteiger partial charge in [-0.2, -0.15) is 0 Å². The van der Waals surface area contributed by atoms with Crippen LogP contribution in [-0.4, -0.2) is 42.3 Å². The molecule has 1 saturated carbocycles. The van der Waals surface area contributed by atoms with Crippen LogP contribution in [0.2, 0.25) is 0 Å². The number of carbonyl (C=O) groups is 1. The molecule has 1 heterocycles. The Bertz CT molecular complexity index is 401. The third-order valence-corrected chi connectivity index (χ3v) is 5.37. The minimum absolute atomic E-state index is 0.146. The van der Waals surface area contributed by atoms with Gasteiger partial charge in [-0.15, -0.1) is 0 Å². The zero-order valence-electron chi connectivity index (χ0n) is 15.8. The highest BCUT2D eigenvalue weighted by Gasteiger charge is 2.34. The van der Waals surface area contributed by atoms with E-state index in [1.807, 2.05) is 25.7 Å². The second kappa shape index (κ2) is 7.42. The first kappa shape index (κ1) is 18.6. The maximum Gasteiger partial charge on any atom is 0.410 e. The maximum atomic E-state index is 12.2. The molecule has 0 aromatic heterocycles. The molecule has 1 saturated heterocycles. The Balaban J connectivity index is 1.73. The summed E-state index contributed by atoms with van der Waals surface area (Å²) in [5, 5.41) is 3.77. The number of nitrogens with one attached hydrogen (secondary N) is 1. The van der Waals surface area contributed by atoms with Crippen LogP contribution in [0.5, 0.6) is 0 Å².